The summed E-state index contributed by atoms with van der Waals surface area (Å²) in [7, 11) is 0. The maximum Gasteiger partial charge on any atom is 0.278 e. The average molecular weight is 333 g/mol. The summed E-state index contributed by atoms with van der Waals surface area (Å²) in [6, 6.07) is 16.2. The van der Waals surface area contributed by atoms with E-state index < -0.39 is 4.92 Å². The first-order valence-corrected chi connectivity index (χ1v) is 7.62. The van der Waals surface area contributed by atoms with Gasteiger partial charge in [0.25, 0.3) is 5.69 Å². The van der Waals surface area contributed by atoms with Crippen molar-refractivity contribution in [1.29, 1.82) is 0 Å². The third-order valence-electron chi connectivity index (χ3n) is 3.55. The summed E-state index contributed by atoms with van der Waals surface area (Å²) in [6.07, 6.45) is 5.13. The summed E-state index contributed by atoms with van der Waals surface area (Å²) in [5.74, 6) is 0.496. The van der Waals surface area contributed by atoms with Gasteiger partial charge in [-0.1, -0.05) is 53.7 Å². The highest BCUT2D eigenvalue weighted by Crippen LogP contribution is 2.26. The fourth-order valence-electron chi connectivity index (χ4n) is 2.28. The number of aromatic nitrogens is 1. The predicted molar refractivity (Wildman–Crippen MR) is 97.0 cm³/mol. The lowest BCUT2D eigenvalue weighted by Crippen LogP contribution is -1.93. The molecular weight excluding hydrogens is 318 g/mol. The molecule has 0 atom stereocenters. The molecule has 6 nitrogen and oxygen atoms in total. The molecule has 0 bridgehead atoms. The van der Waals surface area contributed by atoms with Gasteiger partial charge in [-0.25, -0.2) is 4.99 Å². The molecule has 25 heavy (non-hydrogen) atoms. The van der Waals surface area contributed by atoms with Crippen LogP contribution in [0.15, 0.2) is 64.1 Å². The topological polar surface area (TPSA) is 81.5 Å². The van der Waals surface area contributed by atoms with E-state index in [0.29, 0.717) is 22.7 Å². The second-order valence-corrected chi connectivity index (χ2v) is 5.30. The zero-order valence-corrected chi connectivity index (χ0v) is 13.5. The van der Waals surface area contributed by atoms with E-state index in [4.69, 9.17) is 4.52 Å². The molecule has 0 unspecified atom stereocenters. The smallest absolute Gasteiger partial charge is 0.278 e. The van der Waals surface area contributed by atoms with Crippen LogP contribution in [0.2, 0.25) is 0 Å². The summed E-state index contributed by atoms with van der Waals surface area (Å²) in [4.78, 5) is 15.0. The highest BCUT2D eigenvalue weighted by atomic mass is 16.6. The van der Waals surface area contributed by atoms with Crippen molar-refractivity contribution < 1.29 is 9.45 Å². The molecular formula is C19H15N3O3. The number of benzene rings is 2. The lowest BCUT2D eigenvalue weighted by atomic mass is 10.2. The van der Waals surface area contributed by atoms with Crippen LogP contribution in [-0.4, -0.2) is 16.3 Å². The normalized spacial score (nSPS) is 11.4. The Bertz CT molecular complexity index is 944. The van der Waals surface area contributed by atoms with Crippen molar-refractivity contribution >= 4 is 29.7 Å². The van der Waals surface area contributed by atoms with E-state index in [1.54, 1.807) is 31.2 Å². The quantitative estimate of drug-likeness (QED) is 0.381. The Kier molecular flexibility index (Phi) is 4.80. The van der Waals surface area contributed by atoms with Gasteiger partial charge in [0.15, 0.2) is 5.76 Å². The Hall–Kier alpha value is -3.54. The van der Waals surface area contributed by atoms with Crippen molar-refractivity contribution in [1.82, 2.24) is 5.16 Å². The molecule has 0 aliphatic rings. The number of para-hydroxylation sites is 1. The largest absolute Gasteiger partial charge is 0.354 e. The van der Waals surface area contributed by atoms with Gasteiger partial charge < -0.3 is 4.52 Å². The molecule has 0 aliphatic heterocycles. The van der Waals surface area contributed by atoms with Gasteiger partial charge >= 0.3 is 0 Å². The van der Waals surface area contributed by atoms with Gasteiger partial charge in [-0.05, 0) is 24.6 Å². The molecule has 0 fully saturated rings. The standard InChI is InChI=1S/C19H15N3O3/c1-14-19(20-13-16-9-5-6-10-17(16)22(23)24)18(25-21-14)12-11-15-7-3-2-4-8-15/h2-13H,1H3/b12-11+,20-13?. The van der Waals surface area contributed by atoms with E-state index in [2.05, 4.69) is 10.1 Å². The first-order chi connectivity index (χ1) is 12.1. The highest BCUT2D eigenvalue weighted by Gasteiger charge is 2.12. The molecule has 1 aromatic heterocycles. The van der Waals surface area contributed by atoms with E-state index in [-0.39, 0.29) is 5.69 Å². The summed E-state index contributed by atoms with van der Waals surface area (Å²) >= 11 is 0. The fraction of sp³-hybridized carbons (Fsp3) is 0.0526. The second-order valence-electron chi connectivity index (χ2n) is 5.30. The highest BCUT2D eigenvalue weighted by molar-refractivity contribution is 5.88. The van der Waals surface area contributed by atoms with Crippen LogP contribution in [0.1, 0.15) is 22.6 Å². The van der Waals surface area contributed by atoms with Crippen LogP contribution >= 0.6 is 0 Å². The number of nitrogens with zero attached hydrogens (tertiary/aromatic N) is 3. The first-order valence-electron chi connectivity index (χ1n) is 7.62. The van der Waals surface area contributed by atoms with Crippen molar-refractivity contribution in [2.24, 2.45) is 4.99 Å². The van der Waals surface area contributed by atoms with Crippen LogP contribution in [0.4, 0.5) is 11.4 Å². The van der Waals surface area contributed by atoms with Crippen molar-refractivity contribution in [2.45, 2.75) is 6.92 Å². The van der Waals surface area contributed by atoms with E-state index in [1.165, 1.54) is 12.3 Å². The maximum absolute atomic E-state index is 11.1. The minimum atomic E-state index is -0.432. The molecule has 0 saturated carbocycles. The lowest BCUT2D eigenvalue weighted by Gasteiger charge is -1.96. The van der Waals surface area contributed by atoms with Gasteiger partial charge in [-0.2, -0.15) is 0 Å². The van der Waals surface area contributed by atoms with Crippen molar-refractivity contribution in [3.63, 3.8) is 0 Å². The molecule has 0 saturated heterocycles. The number of nitro benzene ring substituents is 1. The van der Waals surface area contributed by atoms with Gasteiger partial charge in [0.1, 0.15) is 11.4 Å². The average Bonchev–Trinajstić information content (AvgIpc) is 2.99. The van der Waals surface area contributed by atoms with Gasteiger partial charge in [-0.3, -0.25) is 10.1 Å². The number of aliphatic imine (C=N–C) groups is 1. The Morgan fingerprint density at radius 2 is 1.80 bits per heavy atom. The SMILES string of the molecule is Cc1noc(/C=C/c2ccccc2)c1N=Cc1ccccc1[N+](=O)[O-]. The van der Waals surface area contributed by atoms with Crippen molar-refractivity contribution in [2.75, 3.05) is 0 Å². The molecule has 0 N–H and O–H groups in total. The van der Waals surface area contributed by atoms with Crippen molar-refractivity contribution in [3.05, 3.63) is 87.3 Å². The molecule has 0 aliphatic carbocycles. The summed E-state index contributed by atoms with van der Waals surface area (Å²) in [5, 5.41) is 15.0. The Morgan fingerprint density at radius 1 is 1.08 bits per heavy atom. The minimum Gasteiger partial charge on any atom is -0.354 e. The van der Waals surface area contributed by atoms with E-state index in [0.717, 1.165) is 5.56 Å². The van der Waals surface area contributed by atoms with Gasteiger partial charge in [0.05, 0.1) is 10.5 Å². The molecule has 124 valence electrons. The molecule has 0 amide bonds. The molecule has 2 aromatic carbocycles. The Labute approximate surface area is 144 Å². The van der Waals surface area contributed by atoms with Crippen molar-refractivity contribution in [3.8, 4) is 0 Å². The van der Waals surface area contributed by atoms with E-state index in [1.807, 2.05) is 36.4 Å². The van der Waals surface area contributed by atoms with E-state index >= 15 is 0 Å². The molecule has 6 heteroatoms. The van der Waals surface area contributed by atoms with Gasteiger partial charge in [0, 0.05) is 12.3 Å². The van der Waals surface area contributed by atoms with Crippen LogP contribution in [0.3, 0.4) is 0 Å². The predicted octanol–water partition coefficient (Wildman–Crippen LogP) is 4.81. The first kappa shape index (κ1) is 16.3. The Morgan fingerprint density at radius 3 is 2.56 bits per heavy atom. The third kappa shape index (κ3) is 3.87. The molecule has 0 spiro atoms. The summed E-state index contributed by atoms with van der Waals surface area (Å²) < 4.78 is 5.30. The number of hydrogen-bond donors (Lipinski definition) is 0. The third-order valence-corrected chi connectivity index (χ3v) is 3.55. The number of nitro groups is 1. The van der Waals surface area contributed by atoms with Gasteiger partial charge in [-0.15, -0.1) is 0 Å². The summed E-state index contributed by atoms with van der Waals surface area (Å²) in [6.45, 7) is 1.77. The fourth-order valence-corrected chi connectivity index (χ4v) is 2.28. The molecule has 3 rings (SSSR count). The number of hydrogen-bond acceptors (Lipinski definition) is 5. The van der Waals surface area contributed by atoms with E-state index in [9.17, 15) is 10.1 Å². The van der Waals surface area contributed by atoms with Crippen LogP contribution < -0.4 is 0 Å². The van der Waals surface area contributed by atoms with Crippen LogP contribution in [0.5, 0.6) is 0 Å². The van der Waals surface area contributed by atoms with Gasteiger partial charge in [0.2, 0.25) is 0 Å². The molecule has 1 heterocycles. The minimum absolute atomic E-state index is 0.00161. The maximum atomic E-state index is 11.1. The van der Waals surface area contributed by atoms with Crippen LogP contribution in [-0.2, 0) is 0 Å². The van der Waals surface area contributed by atoms with Crippen LogP contribution in [0.25, 0.3) is 12.2 Å². The number of aryl methyl sites for hydroxylation is 1. The van der Waals surface area contributed by atoms with Crippen LogP contribution in [0, 0.1) is 17.0 Å². The number of rotatable bonds is 5. The summed E-state index contributed by atoms with van der Waals surface area (Å²) in [5.41, 5.74) is 2.60. The zero-order chi connectivity index (χ0) is 17.6. The second kappa shape index (κ2) is 7.35. The lowest BCUT2D eigenvalue weighted by molar-refractivity contribution is -0.385. The Balaban J connectivity index is 1.90. The zero-order valence-electron chi connectivity index (χ0n) is 13.5. The molecule has 0 radical (unpaired) electrons. The monoisotopic (exact) mass is 333 g/mol. The molecule has 3 aromatic rings.